The van der Waals surface area contributed by atoms with Crippen molar-refractivity contribution >= 4 is 50.7 Å². The summed E-state index contributed by atoms with van der Waals surface area (Å²) in [6.07, 6.45) is 6.29. The first kappa shape index (κ1) is 28.0. The molecule has 2 aromatic carbocycles. The lowest BCUT2D eigenvalue weighted by Gasteiger charge is -2.22. The molecule has 1 fully saturated rings. The second kappa shape index (κ2) is 13.1. The van der Waals surface area contributed by atoms with Crippen LogP contribution in [-0.2, 0) is 15.8 Å². The topological polar surface area (TPSA) is 101 Å². The van der Waals surface area contributed by atoms with Gasteiger partial charge in [0.05, 0.1) is 17.7 Å². The van der Waals surface area contributed by atoms with E-state index in [4.69, 9.17) is 31.2 Å². The Labute approximate surface area is 223 Å². The molecule has 1 saturated carbocycles. The summed E-state index contributed by atoms with van der Waals surface area (Å²) in [5.41, 5.74) is 3.61. The van der Waals surface area contributed by atoms with Crippen molar-refractivity contribution in [3.63, 3.8) is 0 Å². The van der Waals surface area contributed by atoms with Gasteiger partial charge in [-0.15, -0.1) is 0 Å². The number of carboxylic acids is 1. The number of anilines is 2. The molecule has 1 heterocycles. The van der Waals surface area contributed by atoms with Crippen LogP contribution in [0, 0.1) is 13.8 Å². The van der Waals surface area contributed by atoms with Crippen molar-refractivity contribution in [1.82, 2.24) is 4.98 Å². The molecule has 3 aromatic rings. The van der Waals surface area contributed by atoms with E-state index in [0.29, 0.717) is 27.4 Å². The quantitative estimate of drug-likeness (QED) is 0.291. The van der Waals surface area contributed by atoms with Crippen molar-refractivity contribution in [2.24, 2.45) is 0 Å². The number of methoxy groups -OCH3 is 1. The SMILES string of the molecule is CC(=O)O.COc1ccc(-c2sc(NC3CCCCC3)nc2C)cc1S(=O)Nc1ccc(C)c(Cl)c1. The molecule has 4 rings (SSSR count). The molecule has 0 spiro atoms. The summed E-state index contributed by atoms with van der Waals surface area (Å²) in [6.45, 7) is 5.04. The molecular weight excluding hydrogens is 518 g/mol. The number of halogens is 1. The van der Waals surface area contributed by atoms with E-state index in [2.05, 4.69) is 10.0 Å². The van der Waals surface area contributed by atoms with Gasteiger partial charge in [-0.2, -0.15) is 0 Å². The van der Waals surface area contributed by atoms with Crippen LogP contribution in [0.15, 0.2) is 41.3 Å². The first-order chi connectivity index (χ1) is 17.2. The number of nitrogens with zero attached hydrogens (tertiary/aromatic N) is 1. The number of aliphatic carboxylic acids is 1. The number of hydrogen-bond acceptors (Lipinski definition) is 6. The summed E-state index contributed by atoms with van der Waals surface area (Å²) in [5.74, 6) is -0.263. The van der Waals surface area contributed by atoms with Gasteiger partial charge in [0, 0.05) is 23.7 Å². The number of benzene rings is 2. The third-order valence-corrected chi connectivity index (χ3v) is 8.42. The predicted molar refractivity (Wildman–Crippen MR) is 149 cm³/mol. The average Bonchev–Trinajstić information content (AvgIpc) is 3.21. The Kier molecular flexibility index (Phi) is 10.2. The Morgan fingerprint density at radius 3 is 2.50 bits per heavy atom. The number of thiazole rings is 1. The highest BCUT2D eigenvalue weighted by atomic mass is 35.5. The lowest BCUT2D eigenvalue weighted by molar-refractivity contribution is -0.134. The molecule has 1 aliphatic carbocycles. The van der Waals surface area contributed by atoms with Crippen molar-refractivity contribution < 1.29 is 18.8 Å². The van der Waals surface area contributed by atoms with E-state index in [0.717, 1.165) is 33.8 Å². The fourth-order valence-electron chi connectivity index (χ4n) is 3.93. The number of carbonyl (C=O) groups is 1. The molecule has 0 amide bonds. The van der Waals surface area contributed by atoms with Gasteiger partial charge in [0.25, 0.3) is 5.97 Å². The van der Waals surface area contributed by atoms with Gasteiger partial charge in [-0.1, -0.05) is 48.3 Å². The van der Waals surface area contributed by atoms with Gasteiger partial charge in [-0.05, 0) is 68.1 Å². The molecule has 0 aliphatic heterocycles. The minimum absolute atomic E-state index is 0.506. The van der Waals surface area contributed by atoms with E-state index in [9.17, 15) is 4.21 Å². The van der Waals surface area contributed by atoms with Gasteiger partial charge >= 0.3 is 0 Å². The molecule has 7 nitrogen and oxygen atoms in total. The van der Waals surface area contributed by atoms with Crippen LogP contribution in [0.4, 0.5) is 10.8 Å². The number of carboxylic acid groups (broad SMARTS) is 1. The van der Waals surface area contributed by atoms with Crippen LogP contribution in [-0.4, -0.2) is 33.4 Å². The largest absolute Gasteiger partial charge is 0.495 e. The molecule has 1 unspecified atom stereocenters. The van der Waals surface area contributed by atoms with Crippen molar-refractivity contribution in [3.8, 4) is 16.2 Å². The minimum atomic E-state index is -1.52. The number of rotatable bonds is 7. The maximum atomic E-state index is 13.2. The molecule has 3 N–H and O–H groups in total. The Morgan fingerprint density at radius 1 is 1.17 bits per heavy atom. The van der Waals surface area contributed by atoms with Crippen LogP contribution in [0.2, 0.25) is 5.02 Å². The monoisotopic (exact) mass is 549 g/mol. The second-order valence-corrected chi connectivity index (χ2v) is 11.2. The van der Waals surface area contributed by atoms with Gasteiger partial charge in [0.1, 0.15) is 10.6 Å². The number of ether oxygens (including phenoxy) is 1. The second-order valence-electron chi connectivity index (χ2n) is 8.63. The van der Waals surface area contributed by atoms with Crippen molar-refractivity contribution in [2.45, 2.75) is 63.8 Å². The Balaban J connectivity index is 0.000000840. The summed E-state index contributed by atoms with van der Waals surface area (Å²) in [7, 11) is 0.0707. The van der Waals surface area contributed by atoms with Crippen LogP contribution in [0.1, 0.15) is 50.3 Å². The number of nitrogens with one attached hydrogen (secondary N) is 2. The molecule has 1 aliphatic rings. The van der Waals surface area contributed by atoms with Crippen LogP contribution in [0.25, 0.3) is 10.4 Å². The molecule has 1 aromatic heterocycles. The summed E-state index contributed by atoms with van der Waals surface area (Å²) in [6, 6.07) is 11.8. The molecule has 0 saturated heterocycles. The first-order valence-corrected chi connectivity index (χ1v) is 14.1. The van der Waals surface area contributed by atoms with E-state index in [1.165, 1.54) is 32.1 Å². The maximum Gasteiger partial charge on any atom is 0.300 e. The lowest BCUT2D eigenvalue weighted by atomic mass is 9.96. The number of aromatic nitrogens is 1. The van der Waals surface area contributed by atoms with Crippen molar-refractivity contribution in [3.05, 3.63) is 52.7 Å². The molecule has 10 heteroatoms. The van der Waals surface area contributed by atoms with E-state index in [1.54, 1.807) is 24.5 Å². The van der Waals surface area contributed by atoms with Gasteiger partial charge in [0.2, 0.25) is 0 Å². The van der Waals surface area contributed by atoms with Crippen LogP contribution < -0.4 is 14.8 Å². The zero-order chi connectivity index (χ0) is 26.2. The highest BCUT2D eigenvalue weighted by Gasteiger charge is 2.19. The third-order valence-electron chi connectivity index (χ3n) is 5.74. The Morgan fingerprint density at radius 2 is 1.86 bits per heavy atom. The third kappa shape index (κ3) is 7.69. The fraction of sp³-hybridized carbons (Fsp3) is 0.385. The van der Waals surface area contributed by atoms with Gasteiger partial charge in [-0.3, -0.25) is 4.79 Å². The zero-order valence-corrected chi connectivity index (χ0v) is 23.3. The summed E-state index contributed by atoms with van der Waals surface area (Å²) in [4.78, 5) is 15.4. The predicted octanol–water partition coefficient (Wildman–Crippen LogP) is 7.06. The minimum Gasteiger partial charge on any atom is -0.495 e. The normalized spacial score (nSPS) is 14.4. The molecular formula is C26H32ClN3O4S2. The van der Waals surface area contributed by atoms with E-state index in [1.807, 2.05) is 44.2 Å². The number of hydrogen-bond donors (Lipinski definition) is 3. The molecule has 0 radical (unpaired) electrons. The molecule has 194 valence electrons. The van der Waals surface area contributed by atoms with Gasteiger partial charge in [0.15, 0.2) is 16.1 Å². The van der Waals surface area contributed by atoms with E-state index in [-0.39, 0.29) is 0 Å². The Bertz CT molecular complexity index is 1220. The summed E-state index contributed by atoms with van der Waals surface area (Å²) < 4.78 is 21.7. The maximum absolute atomic E-state index is 13.2. The van der Waals surface area contributed by atoms with E-state index < -0.39 is 17.0 Å². The number of aryl methyl sites for hydroxylation is 2. The van der Waals surface area contributed by atoms with Crippen molar-refractivity contribution in [2.75, 3.05) is 17.1 Å². The van der Waals surface area contributed by atoms with Crippen LogP contribution >= 0.6 is 22.9 Å². The summed E-state index contributed by atoms with van der Waals surface area (Å²) in [5, 5.41) is 12.6. The zero-order valence-electron chi connectivity index (χ0n) is 20.9. The van der Waals surface area contributed by atoms with Gasteiger partial charge < -0.3 is 19.9 Å². The highest BCUT2D eigenvalue weighted by Crippen LogP contribution is 2.37. The standard InChI is InChI=1S/C24H28ClN3O2S2.C2H4O2/c1-15-9-11-19(14-20(15)25)28-32(29)22-13-17(10-12-21(22)30-3)23-16(2)26-24(31-23)27-18-7-5-4-6-8-18;1-2(3)4/h9-14,18,28H,4-8H2,1-3H3,(H,26,27);1H3,(H,3,4). The van der Waals surface area contributed by atoms with E-state index >= 15 is 0 Å². The lowest BCUT2D eigenvalue weighted by Crippen LogP contribution is -2.21. The first-order valence-electron chi connectivity index (χ1n) is 11.7. The smallest absolute Gasteiger partial charge is 0.300 e. The van der Waals surface area contributed by atoms with Crippen LogP contribution in [0.3, 0.4) is 0 Å². The molecule has 36 heavy (non-hydrogen) atoms. The highest BCUT2D eigenvalue weighted by molar-refractivity contribution is 7.86. The fourth-order valence-corrected chi connectivity index (χ4v) is 6.17. The molecule has 1 atom stereocenters. The summed E-state index contributed by atoms with van der Waals surface area (Å²) >= 11 is 7.87. The average molecular weight is 550 g/mol. The molecule has 0 bridgehead atoms. The Hall–Kier alpha value is -2.62. The van der Waals surface area contributed by atoms with Gasteiger partial charge in [-0.25, -0.2) is 9.19 Å². The van der Waals surface area contributed by atoms with Crippen LogP contribution in [0.5, 0.6) is 5.75 Å². The van der Waals surface area contributed by atoms with Crippen molar-refractivity contribution in [1.29, 1.82) is 0 Å².